The van der Waals surface area contributed by atoms with Gasteiger partial charge in [0.2, 0.25) is 0 Å². The summed E-state index contributed by atoms with van der Waals surface area (Å²) in [5, 5.41) is 6.62. The molecule has 2 aliphatic rings. The minimum Gasteiger partial charge on any atom is -0.457 e. The second kappa shape index (κ2) is 9.25. The van der Waals surface area contributed by atoms with Crippen molar-refractivity contribution < 1.29 is 14.3 Å². The zero-order chi connectivity index (χ0) is 25.5. The number of hydrogen-bond donors (Lipinski definition) is 2. The van der Waals surface area contributed by atoms with E-state index in [4.69, 9.17) is 4.74 Å². The highest BCUT2D eigenvalue weighted by atomic mass is 32.1. The molecule has 0 atom stereocenters. The Bertz CT molecular complexity index is 1560. The largest absolute Gasteiger partial charge is 0.457 e. The molecule has 6 rings (SSSR count). The number of rotatable bonds is 5. The van der Waals surface area contributed by atoms with Crippen LogP contribution in [0.3, 0.4) is 0 Å². The molecule has 3 amide bonds. The molecule has 8 nitrogen and oxygen atoms in total. The molecule has 9 heteroatoms. The maximum Gasteiger partial charge on any atom is 0.331 e. The van der Waals surface area contributed by atoms with Gasteiger partial charge in [-0.15, -0.1) is 11.3 Å². The molecule has 4 aromatic rings. The number of aromatic nitrogens is 1. The molecule has 0 spiro atoms. The quantitative estimate of drug-likeness (QED) is 0.325. The minimum absolute atomic E-state index is 0.260. The number of hydrogen-bond acceptors (Lipinski definition) is 6. The summed E-state index contributed by atoms with van der Waals surface area (Å²) in [7, 11) is 2.02. The van der Waals surface area contributed by atoms with Crippen molar-refractivity contribution in [3.63, 3.8) is 0 Å². The second-order valence-electron chi connectivity index (χ2n) is 9.08. The van der Waals surface area contributed by atoms with Crippen molar-refractivity contribution in [1.82, 2.24) is 15.2 Å². The van der Waals surface area contributed by atoms with E-state index in [9.17, 15) is 9.59 Å². The van der Waals surface area contributed by atoms with Gasteiger partial charge in [-0.1, -0.05) is 18.2 Å². The number of nitrogens with one attached hydrogen (secondary N) is 2. The van der Waals surface area contributed by atoms with E-state index in [0.29, 0.717) is 26.8 Å². The number of thiophene rings is 1. The first-order valence-electron chi connectivity index (χ1n) is 12.1. The number of anilines is 3. The van der Waals surface area contributed by atoms with E-state index in [2.05, 4.69) is 20.5 Å². The van der Waals surface area contributed by atoms with Crippen LogP contribution in [0.4, 0.5) is 21.9 Å². The fourth-order valence-corrected chi connectivity index (χ4v) is 5.80. The number of nitrogens with zero attached hydrogens (tertiary/aromatic N) is 3. The van der Waals surface area contributed by atoms with E-state index in [1.807, 2.05) is 68.6 Å². The molecule has 2 aromatic heterocycles. The maximum absolute atomic E-state index is 13.4. The Balaban J connectivity index is 1.34. The molecule has 0 aliphatic carbocycles. The van der Waals surface area contributed by atoms with Gasteiger partial charge in [0.05, 0.1) is 22.4 Å². The van der Waals surface area contributed by atoms with Crippen LogP contribution in [0.2, 0.25) is 0 Å². The van der Waals surface area contributed by atoms with Crippen molar-refractivity contribution in [3.8, 4) is 11.5 Å². The molecule has 1 saturated heterocycles. The van der Waals surface area contributed by atoms with Crippen LogP contribution >= 0.6 is 11.3 Å². The molecule has 4 heterocycles. The van der Waals surface area contributed by atoms with Crippen molar-refractivity contribution in [2.75, 3.05) is 23.8 Å². The Kier molecular flexibility index (Phi) is 5.77. The van der Waals surface area contributed by atoms with Gasteiger partial charge in [0, 0.05) is 31.7 Å². The summed E-state index contributed by atoms with van der Waals surface area (Å²) in [5.74, 6) is 1.16. The summed E-state index contributed by atoms with van der Waals surface area (Å²) in [6.45, 7) is 2.92. The molecule has 186 valence electrons. The first-order valence-corrected chi connectivity index (χ1v) is 12.9. The van der Waals surface area contributed by atoms with Gasteiger partial charge in [-0.25, -0.2) is 9.78 Å². The van der Waals surface area contributed by atoms with Crippen molar-refractivity contribution in [2.24, 2.45) is 0 Å². The number of amides is 3. The molecule has 2 aliphatic heterocycles. The third-order valence-corrected chi connectivity index (χ3v) is 7.72. The molecule has 0 radical (unpaired) electrons. The van der Waals surface area contributed by atoms with Gasteiger partial charge in [0.15, 0.2) is 0 Å². The third kappa shape index (κ3) is 4.17. The monoisotopic (exact) mass is 511 g/mol. The Labute approximate surface area is 218 Å². The number of aryl methyl sites for hydroxylation is 1. The lowest BCUT2D eigenvalue weighted by Crippen LogP contribution is -2.35. The fourth-order valence-electron chi connectivity index (χ4n) is 4.78. The number of likely N-dealkylation sites (tertiary alicyclic amines) is 1. The topological polar surface area (TPSA) is 86.8 Å². The molecular weight excluding hydrogens is 486 g/mol. The first-order chi connectivity index (χ1) is 18.0. The summed E-state index contributed by atoms with van der Waals surface area (Å²) < 4.78 is 5.96. The van der Waals surface area contributed by atoms with Crippen LogP contribution in [0.25, 0.3) is 10.2 Å². The van der Waals surface area contributed by atoms with Gasteiger partial charge >= 0.3 is 6.03 Å². The highest BCUT2D eigenvalue weighted by molar-refractivity contribution is 7.21. The SMILES string of the molecule is Cc1cc(Oc2ccccc2)ccc1N1C(=O)Nc2c(C(=O)N/C=C3\CCCN3C)sc3nccc1c23. The fraction of sp³-hybridized carbons (Fsp3) is 0.179. The molecule has 0 saturated carbocycles. The van der Waals surface area contributed by atoms with Crippen LogP contribution in [0, 0.1) is 6.92 Å². The molecule has 0 unspecified atom stereocenters. The zero-order valence-electron chi connectivity index (χ0n) is 20.4. The van der Waals surface area contributed by atoms with Crippen molar-refractivity contribution in [1.29, 1.82) is 0 Å². The van der Waals surface area contributed by atoms with Crippen LogP contribution in [0.5, 0.6) is 11.5 Å². The number of urea groups is 1. The lowest BCUT2D eigenvalue weighted by molar-refractivity contribution is 0.0974. The minimum atomic E-state index is -0.332. The van der Waals surface area contributed by atoms with E-state index < -0.39 is 0 Å². The lowest BCUT2D eigenvalue weighted by Gasteiger charge is -2.29. The molecular formula is C28H25N5O3S. The van der Waals surface area contributed by atoms with Gasteiger partial charge in [-0.05, 0) is 61.7 Å². The van der Waals surface area contributed by atoms with Crippen molar-refractivity contribution >= 4 is 50.6 Å². The number of ether oxygens (including phenoxy) is 1. The number of carbonyl (C=O) groups is 2. The summed E-state index contributed by atoms with van der Waals surface area (Å²) in [4.78, 5) is 35.9. The van der Waals surface area contributed by atoms with Gasteiger partial charge in [-0.2, -0.15) is 0 Å². The third-order valence-electron chi connectivity index (χ3n) is 6.63. The van der Waals surface area contributed by atoms with Crippen molar-refractivity contribution in [3.05, 3.63) is 83.1 Å². The van der Waals surface area contributed by atoms with Crippen LogP contribution in [0.15, 0.2) is 72.7 Å². The van der Waals surface area contributed by atoms with E-state index >= 15 is 0 Å². The standard InChI is InChI=1S/C28H25N5O3S/c1-17-15-20(36-19-8-4-3-5-9-19)10-11-21(17)33-22-12-13-29-27-23(22)24(31-28(33)35)25(37-27)26(34)30-16-18-7-6-14-32(18)2/h3-5,8-13,15-16H,6-7,14H2,1-2H3,(H,30,34)(H,31,35)/b18-16+. The maximum atomic E-state index is 13.4. The molecule has 0 bridgehead atoms. The number of carbonyl (C=O) groups excluding carboxylic acids is 2. The Morgan fingerprint density at radius 2 is 1.97 bits per heavy atom. The summed E-state index contributed by atoms with van der Waals surface area (Å²) in [6, 6.07) is 16.6. The predicted octanol–water partition coefficient (Wildman–Crippen LogP) is 6.38. The lowest BCUT2D eigenvalue weighted by atomic mass is 10.1. The van der Waals surface area contributed by atoms with Crippen LogP contribution in [0.1, 0.15) is 28.1 Å². The number of para-hydroxylation sites is 1. The smallest absolute Gasteiger partial charge is 0.331 e. The normalized spacial score (nSPS) is 15.8. The molecule has 1 fully saturated rings. The van der Waals surface area contributed by atoms with Crippen LogP contribution in [-0.4, -0.2) is 35.4 Å². The molecule has 2 N–H and O–H groups in total. The first kappa shape index (κ1) is 23.1. The average molecular weight is 512 g/mol. The average Bonchev–Trinajstić information content (AvgIpc) is 3.48. The highest BCUT2D eigenvalue weighted by Gasteiger charge is 2.33. The summed E-state index contributed by atoms with van der Waals surface area (Å²) in [6.07, 6.45) is 5.44. The highest BCUT2D eigenvalue weighted by Crippen LogP contribution is 2.46. The van der Waals surface area contributed by atoms with Gasteiger partial charge in [-0.3, -0.25) is 9.69 Å². The summed E-state index contributed by atoms with van der Waals surface area (Å²) in [5.41, 5.74) is 3.88. The summed E-state index contributed by atoms with van der Waals surface area (Å²) >= 11 is 1.27. The number of pyridine rings is 1. The Morgan fingerprint density at radius 3 is 2.73 bits per heavy atom. The van der Waals surface area contributed by atoms with E-state index in [-0.39, 0.29) is 11.9 Å². The van der Waals surface area contributed by atoms with E-state index in [1.165, 1.54) is 11.3 Å². The Morgan fingerprint density at radius 1 is 1.14 bits per heavy atom. The molecule has 37 heavy (non-hydrogen) atoms. The number of allylic oxidation sites excluding steroid dienone is 1. The van der Waals surface area contributed by atoms with Crippen LogP contribution < -0.4 is 20.3 Å². The van der Waals surface area contributed by atoms with Gasteiger partial charge < -0.3 is 20.3 Å². The number of benzene rings is 2. The van der Waals surface area contributed by atoms with Gasteiger partial charge in [0.1, 0.15) is 21.2 Å². The van der Waals surface area contributed by atoms with E-state index in [1.54, 1.807) is 17.3 Å². The van der Waals surface area contributed by atoms with Crippen LogP contribution in [-0.2, 0) is 0 Å². The van der Waals surface area contributed by atoms with Crippen molar-refractivity contribution in [2.45, 2.75) is 19.8 Å². The second-order valence-corrected chi connectivity index (χ2v) is 10.1. The van der Waals surface area contributed by atoms with E-state index in [0.717, 1.165) is 47.5 Å². The molecule has 2 aromatic carbocycles. The predicted molar refractivity (Wildman–Crippen MR) is 146 cm³/mol. The van der Waals surface area contributed by atoms with Gasteiger partial charge in [0.25, 0.3) is 5.91 Å². The zero-order valence-corrected chi connectivity index (χ0v) is 21.3. The Hall–Kier alpha value is -4.37.